The van der Waals surface area contributed by atoms with Crippen LogP contribution in [-0.2, 0) is 0 Å². The summed E-state index contributed by atoms with van der Waals surface area (Å²) >= 11 is 0. The van der Waals surface area contributed by atoms with Gasteiger partial charge >= 0.3 is 0 Å². The summed E-state index contributed by atoms with van der Waals surface area (Å²) in [6, 6.07) is 5.68. The van der Waals surface area contributed by atoms with Crippen LogP contribution in [0.2, 0.25) is 0 Å². The number of hydrogen-bond donors (Lipinski definition) is 4. The molecule has 6 heteroatoms. The molecule has 0 saturated carbocycles. The van der Waals surface area contributed by atoms with E-state index in [1.54, 1.807) is 13.8 Å². The zero-order valence-electron chi connectivity index (χ0n) is 11.0. The van der Waals surface area contributed by atoms with Crippen molar-refractivity contribution in [1.29, 1.82) is 0 Å². The number of hydrogen-bond acceptors (Lipinski definition) is 6. The quantitative estimate of drug-likeness (QED) is 0.628. The Labute approximate surface area is 115 Å². The molecule has 2 rings (SSSR count). The van der Waals surface area contributed by atoms with Crippen molar-refractivity contribution in [1.82, 2.24) is 0 Å². The number of rotatable bonds is 2. The minimum absolute atomic E-state index is 0.130. The van der Waals surface area contributed by atoms with E-state index in [1.165, 1.54) is 24.3 Å². The van der Waals surface area contributed by atoms with Gasteiger partial charge in [0.1, 0.15) is 23.0 Å². The third-order valence-electron chi connectivity index (χ3n) is 2.68. The van der Waals surface area contributed by atoms with E-state index in [0.717, 1.165) is 0 Å². The number of phenolic OH excluding ortho intramolecular Hbond substituents is 4. The molecule has 0 atom stereocenters. The summed E-state index contributed by atoms with van der Waals surface area (Å²) in [5.41, 5.74) is 1.07. The Balaban J connectivity index is 2.45. The fraction of sp³-hybridized carbons (Fsp3) is 0.143. The van der Waals surface area contributed by atoms with Gasteiger partial charge in [-0.3, -0.25) is 0 Å². The van der Waals surface area contributed by atoms with E-state index in [4.69, 9.17) is 0 Å². The van der Waals surface area contributed by atoms with Crippen molar-refractivity contribution >= 4 is 11.4 Å². The lowest BCUT2D eigenvalue weighted by Crippen LogP contribution is -1.77. The summed E-state index contributed by atoms with van der Waals surface area (Å²) in [4.78, 5) is 0. The van der Waals surface area contributed by atoms with Crippen LogP contribution < -0.4 is 0 Å². The van der Waals surface area contributed by atoms with Crippen molar-refractivity contribution in [2.24, 2.45) is 10.2 Å². The van der Waals surface area contributed by atoms with Gasteiger partial charge in [-0.15, -0.1) is 10.2 Å². The number of benzene rings is 2. The van der Waals surface area contributed by atoms with E-state index in [2.05, 4.69) is 10.2 Å². The lowest BCUT2D eigenvalue weighted by atomic mass is 10.2. The van der Waals surface area contributed by atoms with Gasteiger partial charge in [0.05, 0.1) is 0 Å². The van der Waals surface area contributed by atoms with E-state index in [9.17, 15) is 20.4 Å². The normalized spacial score (nSPS) is 11.1. The first kappa shape index (κ1) is 13.7. The molecule has 20 heavy (non-hydrogen) atoms. The van der Waals surface area contributed by atoms with Crippen LogP contribution in [0.25, 0.3) is 0 Å². The van der Waals surface area contributed by atoms with Crippen LogP contribution >= 0.6 is 0 Å². The molecule has 4 N–H and O–H groups in total. The molecule has 0 bridgehead atoms. The minimum Gasteiger partial charge on any atom is -0.505 e. The highest BCUT2D eigenvalue weighted by atomic mass is 16.3. The van der Waals surface area contributed by atoms with Crippen molar-refractivity contribution in [3.63, 3.8) is 0 Å². The first-order valence-electron chi connectivity index (χ1n) is 5.85. The van der Waals surface area contributed by atoms with Crippen LogP contribution in [-0.4, -0.2) is 20.4 Å². The lowest BCUT2D eigenvalue weighted by molar-refractivity contribution is 0.447. The lowest BCUT2D eigenvalue weighted by Gasteiger charge is -2.05. The molecule has 0 aromatic heterocycles. The first-order chi connectivity index (χ1) is 9.38. The third kappa shape index (κ3) is 2.64. The molecule has 0 aliphatic rings. The minimum atomic E-state index is -0.239. The second kappa shape index (κ2) is 5.08. The SMILES string of the molecule is Cc1cc(O)c(N=Nc2c(O)cc(C)cc2O)c(O)c1. The summed E-state index contributed by atoms with van der Waals surface area (Å²) in [5.74, 6) is -0.954. The largest absolute Gasteiger partial charge is 0.505 e. The monoisotopic (exact) mass is 274 g/mol. The number of phenols is 4. The predicted octanol–water partition coefficient (Wildman–Crippen LogP) is 3.54. The summed E-state index contributed by atoms with van der Waals surface area (Å²) in [6.07, 6.45) is 0. The highest BCUT2D eigenvalue weighted by Crippen LogP contribution is 2.41. The Kier molecular flexibility index (Phi) is 3.47. The van der Waals surface area contributed by atoms with Gasteiger partial charge < -0.3 is 20.4 Å². The van der Waals surface area contributed by atoms with Gasteiger partial charge in [-0.2, -0.15) is 0 Å². The molecule has 0 saturated heterocycles. The molecule has 0 unspecified atom stereocenters. The molecule has 104 valence electrons. The molecule has 0 aliphatic heterocycles. The second-order valence-corrected chi connectivity index (χ2v) is 4.50. The average molecular weight is 274 g/mol. The maximum Gasteiger partial charge on any atom is 0.169 e. The molecule has 2 aromatic rings. The maximum atomic E-state index is 9.69. The molecule has 0 fully saturated rings. The highest BCUT2D eigenvalue weighted by molar-refractivity contribution is 5.65. The number of aromatic hydroxyl groups is 4. The molecular weight excluding hydrogens is 260 g/mol. The Morgan fingerprint density at radius 1 is 0.600 bits per heavy atom. The first-order valence-corrected chi connectivity index (χ1v) is 5.85. The van der Waals surface area contributed by atoms with Crippen molar-refractivity contribution in [2.45, 2.75) is 13.8 Å². The van der Waals surface area contributed by atoms with Gasteiger partial charge in [-0.1, -0.05) is 0 Å². The van der Waals surface area contributed by atoms with Crippen LogP contribution in [0.1, 0.15) is 11.1 Å². The number of nitrogens with zero attached hydrogens (tertiary/aromatic N) is 2. The summed E-state index contributed by atoms with van der Waals surface area (Å²) in [6.45, 7) is 3.41. The van der Waals surface area contributed by atoms with Gasteiger partial charge in [0.25, 0.3) is 0 Å². The van der Waals surface area contributed by atoms with E-state index in [1.807, 2.05) is 0 Å². The fourth-order valence-corrected chi connectivity index (χ4v) is 1.79. The van der Waals surface area contributed by atoms with E-state index in [-0.39, 0.29) is 34.4 Å². The number of aryl methyl sites for hydroxylation is 2. The fourth-order valence-electron chi connectivity index (χ4n) is 1.79. The van der Waals surface area contributed by atoms with Gasteiger partial charge in [-0.25, -0.2) is 0 Å². The topological polar surface area (TPSA) is 106 Å². The van der Waals surface area contributed by atoms with Crippen LogP contribution in [0.15, 0.2) is 34.5 Å². The Morgan fingerprint density at radius 2 is 0.850 bits per heavy atom. The smallest absolute Gasteiger partial charge is 0.169 e. The van der Waals surface area contributed by atoms with E-state index in [0.29, 0.717) is 11.1 Å². The van der Waals surface area contributed by atoms with Gasteiger partial charge in [-0.05, 0) is 49.2 Å². The average Bonchev–Trinajstić information content (AvgIpc) is 2.30. The van der Waals surface area contributed by atoms with Crippen molar-refractivity contribution in [3.8, 4) is 23.0 Å². The number of azo groups is 1. The zero-order chi connectivity index (χ0) is 14.9. The van der Waals surface area contributed by atoms with Gasteiger partial charge in [0.15, 0.2) is 11.4 Å². The van der Waals surface area contributed by atoms with Crippen molar-refractivity contribution in [2.75, 3.05) is 0 Å². The molecular formula is C14H14N2O4. The Hall–Kier alpha value is -2.76. The highest BCUT2D eigenvalue weighted by Gasteiger charge is 2.11. The molecule has 0 aliphatic carbocycles. The summed E-state index contributed by atoms with van der Waals surface area (Å²) in [7, 11) is 0. The van der Waals surface area contributed by atoms with E-state index >= 15 is 0 Å². The van der Waals surface area contributed by atoms with Gasteiger partial charge in [0, 0.05) is 0 Å². The molecule has 0 radical (unpaired) electrons. The third-order valence-corrected chi connectivity index (χ3v) is 2.68. The summed E-state index contributed by atoms with van der Waals surface area (Å²) < 4.78 is 0. The Morgan fingerprint density at radius 3 is 1.10 bits per heavy atom. The molecule has 0 amide bonds. The summed E-state index contributed by atoms with van der Waals surface area (Å²) in [5, 5.41) is 46.1. The van der Waals surface area contributed by atoms with Crippen LogP contribution in [0.5, 0.6) is 23.0 Å². The Bertz CT molecular complexity index is 590. The van der Waals surface area contributed by atoms with Crippen molar-refractivity contribution < 1.29 is 20.4 Å². The van der Waals surface area contributed by atoms with Crippen LogP contribution in [0, 0.1) is 13.8 Å². The van der Waals surface area contributed by atoms with Crippen molar-refractivity contribution in [3.05, 3.63) is 35.4 Å². The molecule has 6 nitrogen and oxygen atoms in total. The molecule has 0 spiro atoms. The van der Waals surface area contributed by atoms with Crippen LogP contribution in [0.4, 0.5) is 11.4 Å². The standard InChI is InChI=1S/C14H14N2O4/c1-7-3-9(17)13(10(18)4-7)15-16-14-11(19)5-8(2)6-12(14)20/h3-6,17-20H,1-2H3. The van der Waals surface area contributed by atoms with Crippen LogP contribution in [0.3, 0.4) is 0 Å². The maximum absolute atomic E-state index is 9.69. The zero-order valence-corrected chi connectivity index (χ0v) is 11.0. The molecule has 0 heterocycles. The predicted molar refractivity (Wildman–Crippen MR) is 73.2 cm³/mol. The van der Waals surface area contributed by atoms with E-state index < -0.39 is 0 Å². The van der Waals surface area contributed by atoms with Gasteiger partial charge in [0.2, 0.25) is 0 Å². The second-order valence-electron chi connectivity index (χ2n) is 4.50. The molecule has 2 aromatic carbocycles.